The summed E-state index contributed by atoms with van der Waals surface area (Å²) in [6.45, 7) is -0.183. The van der Waals surface area contributed by atoms with Crippen LogP contribution in [-0.4, -0.2) is 88.2 Å². The number of hydrogen-bond acceptors (Lipinski definition) is 8. The highest BCUT2D eigenvalue weighted by atomic mass is 32.2. The van der Waals surface area contributed by atoms with E-state index >= 15 is 0 Å². The maximum absolute atomic E-state index is 13.3. The second-order valence-corrected chi connectivity index (χ2v) is 9.93. The smallest absolute Gasteiger partial charge is 0.326 e. The molecule has 0 saturated heterocycles. The number of aromatic nitrogens is 1. The molecule has 2 rings (SSSR count). The van der Waals surface area contributed by atoms with Crippen molar-refractivity contribution in [3.63, 3.8) is 0 Å². The number of carboxylic acids is 1. The zero-order valence-electron chi connectivity index (χ0n) is 21.4. The predicted octanol–water partition coefficient (Wildman–Crippen LogP) is -0.549. The molecule has 4 atom stereocenters. The summed E-state index contributed by atoms with van der Waals surface area (Å²) in [5, 5.41) is 27.4. The first-order chi connectivity index (χ1) is 18.2. The first kappa shape index (κ1) is 31.1. The molecule has 2 aromatic rings. The van der Waals surface area contributed by atoms with E-state index in [1.165, 1.54) is 11.8 Å². The number of carboxylic acid groups (broad SMARTS) is 1. The highest BCUT2D eigenvalue weighted by molar-refractivity contribution is 7.98. The van der Waals surface area contributed by atoms with Crippen LogP contribution in [0, 0.1) is 0 Å². The third kappa shape index (κ3) is 9.31. The molecule has 0 aliphatic carbocycles. The number of rotatable bonds is 17. The number of aliphatic hydroxyl groups excluding tert-OH is 1. The molecular weight excluding hydrogens is 512 g/mol. The van der Waals surface area contributed by atoms with Crippen LogP contribution in [-0.2, 0) is 25.6 Å². The number of nitrogens with one attached hydrogen (secondary N) is 4. The number of H-pyrrole nitrogens is 1. The van der Waals surface area contributed by atoms with E-state index in [1.54, 1.807) is 6.20 Å². The Bertz CT molecular complexity index is 1080. The average Bonchev–Trinajstić information content (AvgIpc) is 3.31. The van der Waals surface area contributed by atoms with Gasteiger partial charge in [-0.3, -0.25) is 14.4 Å². The standard InChI is InChI=1S/C25H38N6O6S/c1-38-11-9-19(29-22(33)17(27)14-32)23(34)31-21(12-15-13-28-18-7-3-2-6-16(15)18)24(35)30-20(25(36)37)8-4-5-10-26/h2-3,6-7,13,17,19-21,28,32H,4-5,8-12,14,26-27H2,1H3,(H,29,33)(H,30,35)(H,31,34)(H,36,37). The zero-order chi connectivity index (χ0) is 28.1. The molecule has 1 heterocycles. The first-order valence-corrected chi connectivity index (χ1v) is 13.9. The number of carbonyl (C=O) groups excluding carboxylic acids is 3. The molecule has 210 valence electrons. The van der Waals surface area contributed by atoms with Crippen molar-refractivity contribution in [3.8, 4) is 0 Å². The second-order valence-electron chi connectivity index (χ2n) is 8.94. The Morgan fingerprint density at radius 3 is 2.29 bits per heavy atom. The Morgan fingerprint density at radius 1 is 0.974 bits per heavy atom. The number of unbranched alkanes of at least 4 members (excludes halogenated alkanes) is 1. The van der Waals surface area contributed by atoms with E-state index in [1.807, 2.05) is 30.5 Å². The predicted molar refractivity (Wildman–Crippen MR) is 146 cm³/mol. The van der Waals surface area contributed by atoms with Gasteiger partial charge in [0.1, 0.15) is 24.2 Å². The molecule has 0 radical (unpaired) electrons. The van der Waals surface area contributed by atoms with E-state index in [4.69, 9.17) is 11.5 Å². The first-order valence-electron chi connectivity index (χ1n) is 12.5. The van der Waals surface area contributed by atoms with Crippen molar-refractivity contribution in [1.82, 2.24) is 20.9 Å². The Balaban J connectivity index is 2.29. The summed E-state index contributed by atoms with van der Waals surface area (Å²) < 4.78 is 0. The average molecular weight is 551 g/mol. The van der Waals surface area contributed by atoms with Gasteiger partial charge >= 0.3 is 5.97 Å². The third-order valence-corrected chi connectivity index (χ3v) is 6.71. The number of aliphatic carboxylic acids is 1. The molecule has 13 heteroatoms. The molecule has 1 aromatic heterocycles. The van der Waals surface area contributed by atoms with Crippen LogP contribution in [0.5, 0.6) is 0 Å². The normalized spacial score (nSPS) is 14.3. The number of aromatic amines is 1. The van der Waals surface area contributed by atoms with Crippen LogP contribution in [0.2, 0.25) is 0 Å². The maximum Gasteiger partial charge on any atom is 0.326 e. The van der Waals surface area contributed by atoms with Gasteiger partial charge in [-0.2, -0.15) is 11.8 Å². The van der Waals surface area contributed by atoms with Gasteiger partial charge in [0.25, 0.3) is 0 Å². The van der Waals surface area contributed by atoms with Gasteiger partial charge in [0.2, 0.25) is 17.7 Å². The van der Waals surface area contributed by atoms with Crippen molar-refractivity contribution in [2.75, 3.05) is 25.2 Å². The van der Waals surface area contributed by atoms with E-state index in [0.717, 1.165) is 16.5 Å². The largest absolute Gasteiger partial charge is 0.480 e. The number of nitrogens with two attached hydrogens (primary N) is 2. The zero-order valence-corrected chi connectivity index (χ0v) is 22.3. The van der Waals surface area contributed by atoms with Crippen LogP contribution in [0.15, 0.2) is 30.5 Å². The lowest BCUT2D eigenvalue weighted by molar-refractivity contribution is -0.142. The van der Waals surface area contributed by atoms with E-state index in [9.17, 15) is 29.4 Å². The highest BCUT2D eigenvalue weighted by Crippen LogP contribution is 2.19. The number of aliphatic hydroxyl groups is 1. The summed E-state index contributed by atoms with van der Waals surface area (Å²) in [5.41, 5.74) is 12.7. The van der Waals surface area contributed by atoms with Crippen molar-refractivity contribution in [2.24, 2.45) is 11.5 Å². The lowest BCUT2D eigenvalue weighted by atomic mass is 10.0. The van der Waals surface area contributed by atoms with Crippen molar-refractivity contribution in [1.29, 1.82) is 0 Å². The summed E-state index contributed by atoms with van der Waals surface area (Å²) in [4.78, 5) is 53.8. The molecule has 0 aliphatic rings. The van der Waals surface area contributed by atoms with Gasteiger partial charge < -0.3 is 42.6 Å². The van der Waals surface area contributed by atoms with E-state index in [2.05, 4.69) is 20.9 Å². The lowest BCUT2D eigenvalue weighted by Crippen LogP contribution is -2.58. The van der Waals surface area contributed by atoms with Gasteiger partial charge in [-0.15, -0.1) is 0 Å². The molecule has 1 aromatic carbocycles. The van der Waals surface area contributed by atoms with Gasteiger partial charge in [0.15, 0.2) is 0 Å². The van der Waals surface area contributed by atoms with Crippen molar-refractivity contribution < 1.29 is 29.4 Å². The fourth-order valence-corrected chi connectivity index (χ4v) is 4.36. The van der Waals surface area contributed by atoms with Crippen molar-refractivity contribution in [3.05, 3.63) is 36.0 Å². The molecular formula is C25H38N6O6S. The lowest BCUT2D eigenvalue weighted by Gasteiger charge is -2.25. The highest BCUT2D eigenvalue weighted by Gasteiger charge is 2.30. The summed E-state index contributed by atoms with van der Waals surface area (Å²) in [5.74, 6) is -2.62. The van der Waals surface area contributed by atoms with Crippen LogP contribution < -0.4 is 27.4 Å². The van der Waals surface area contributed by atoms with Gasteiger partial charge in [0, 0.05) is 23.5 Å². The van der Waals surface area contributed by atoms with Crippen LogP contribution in [0.3, 0.4) is 0 Å². The molecule has 12 nitrogen and oxygen atoms in total. The fraction of sp³-hybridized carbons (Fsp3) is 0.520. The number of benzene rings is 1. The Kier molecular flexibility index (Phi) is 13.1. The number of para-hydroxylation sites is 1. The molecule has 0 spiro atoms. The van der Waals surface area contributed by atoms with Crippen LogP contribution in [0.4, 0.5) is 0 Å². The second kappa shape index (κ2) is 16.0. The summed E-state index contributed by atoms with van der Waals surface area (Å²) in [6.07, 6.45) is 5.24. The van der Waals surface area contributed by atoms with Crippen LogP contribution in [0.1, 0.15) is 31.2 Å². The minimum atomic E-state index is -1.20. The molecule has 10 N–H and O–H groups in total. The third-order valence-electron chi connectivity index (χ3n) is 6.07. The Labute approximate surface area is 225 Å². The van der Waals surface area contributed by atoms with E-state index in [-0.39, 0.29) is 19.3 Å². The van der Waals surface area contributed by atoms with Crippen molar-refractivity contribution in [2.45, 2.75) is 56.3 Å². The topological polar surface area (TPSA) is 213 Å². The van der Waals surface area contributed by atoms with Gasteiger partial charge in [-0.1, -0.05) is 18.2 Å². The quantitative estimate of drug-likeness (QED) is 0.119. The van der Waals surface area contributed by atoms with Crippen LogP contribution >= 0.6 is 11.8 Å². The number of carbonyl (C=O) groups is 4. The SMILES string of the molecule is CSCCC(NC(=O)C(N)CO)C(=O)NC(Cc1c[nH]c2ccccc12)C(=O)NC(CCCCN)C(=O)O. The van der Waals surface area contributed by atoms with Crippen LogP contribution in [0.25, 0.3) is 10.9 Å². The fourth-order valence-electron chi connectivity index (χ4n) is 3.89. The number of fused-ring (bicyclic) bond motifs is 1. The minimum absolute atomic E-state index is 0.0794. The number of thioether (sulfide) groups is 1. The van der Waals surface area contributed by atoms with E-state index < -0.39 is 54.5 Å². The molecule has 3 amide bonds. The summed E-state index contributed by atoms with van der Waals surface area (Å²) >= 11 is 1.47. The molecule has 0 saturated carbocycles. The maximum atomic E-state index is 13.3. The molecule has 38 heavy (non-hydrogen) atoms. The Hall–Kier alpha value is -3.13. The van der Waals surface area contributed by atoms with Gasteiger partial charge in [-0.25, -0.2) is 4.79 Å². The molecule has 0 aliphatic heterocycles. The summed E-state index contributed by atoms with van der Waals surface area (Å²) in [6, 6.07) is 2.99. The van der Waals surface area contributed by atoms with Gasteiger partial charge in [-0.05, 0) is 55.9 Å². The number of hydrogen-bond donors (Lipinski definition) is 8. The molecule has 0 fully saturated rings. The molecule has 0 bridgehead atoms. The minimum Gasteiger partial charge on any atom is -0.480 e. The van der Waals surface area contributed by atoms with E-state index in [0.29, 0.717) is 25.1 Å². The van der Waals surface area contributed by atoms with Gasteiger partial charge in [0.05, 0.1) is 6.61 Å². The summed E-state index contributed by atoms with van der Waals surface area (Å²) in [7, 11) is 0. The Morgan fingerprint density at radius 2 is 1.63 bits per heavy atom. The molecule has 4 unspecified atom stereocenters. The number of amides is 3. The monoisotopic (exact) mass is 550 g/mol. The van der Waals surface area contributed by atoms with Crippen molar-refractivity contribution >= 4 is 46.4 Å².